The van der Waals surface area contributed by atoms with E-state index in [-0.39, 0.29) is 5.91 Å². The monoisotopic (exact) mass is 395 g/mol. The van der Waals surface area contributed by atoms with Crippen LogP contribution in [-0.2, 0) is 4.79 Å². The highest BCUT2D eigenvalue weighted by Gasteiger charge is 2.25. The zero-order valence-corrected chi connectivity index (χ0v) is 19.1. The van der Waals surface area contributed by atoms with Gasteiger partial charge in [0.15, 0.2) is 0 Å². The molecular weight excluding hydrogens is 350 g/mol. The zero-order chi connectivity index (χ0) is 20.5. The highest BCUT2D eigenvalue weighted by Crippen LogP contribution is 2.19. The van der Waals surface area contributed by atoms with Crippen molar-refractivity contribution in [2.45, 2.75) is 59.5 Å². The second-order valence-corrected chi connectivity index (χ2v) is 9.22. The van der Waals surface area contributed by atoms with Crippen molar-refractivity contribution in [3.8, 4) is 0 Å². The van der Waals surface area contributed by atoms with Crippen molar-refractivity contribution in [3.63, 3.8) is 0 Å². The van der Waals surface area contributed by atoms with Gasteiger partial charge in [0.25, 0.3) is 0 Å². The van der Waals surface area contributed by atoms with Gasteiger partial charge in [-0.3, -0.25) is 19.5 Å². The van der Waals surface area contributed by atoms with Crippen LogP contribution in [0.5, 0.6) is 0 Å². The number of piperidine rings is 1. The van der Waals surface area contributed by atoms with Gasteiger partial charge in [0.05, 0.1) is 6.54 Å². The fourth-order valence-electron chi connectivity index (χ4n) is 4.53. The Morgan fingerprint density at radius 1 is 1.00 bits per heavy atom. The number of nitrogens with zero attached hydrogens (tertiary/aromatic N) is 4. The minimum Gasteiger partial charge on any atom is -0.354 e. The average Bonchev–Trinajstić information content (AvgIpc) is 2.67. The molecule has 0 radical (unpaired) electrons. The maximum atomic E-state index is 12.3. The largest absolute Gasteiger partial charge is 0.354 e. The van der Waals surface area contributed by atoms with Crippen LogP contribution in [0.4, 0.5) is 0 Å². The van der Waals surface area contributed by atoms with Gasteiger partial charge >= 0.3 is 0 Å². The number of piperazine rings is 1. The summed E-state index contributed by atoms with van der Waals surface area (Å²) in [5.74, 6) is 0.983. The molecule has 6 heteroatoms. The summed E-state index contributed by atoms with van der Waals surface area (Å²) in [6.07, 6.45) is 2.46. The van der Waals surface area contributed by atoms with E-state index in [2.05, 4.69) is 59.5 Å². The third-order valence-electron chi connectivity index (χ3n) is 6.59. The van der Waals surface area contributed by atoms with Crippen molar-refractivity contribution >= 4 is 5.91 Å². The van der Waals surface area contributed by atoms with Gasteiger partial charge in [-0.25, -0.2) is 0 Å². The number of likely N-dealkylation sites (tertiary alicyclic amines) is 1. The lowest BCUT2D eigenvalue weighted by Crippen LogP contribution is -2.51. The molecular formula is C22H45N5O. The van der Waals surface area contributed by atoms with Gasteiger partial charge in [-0.05, 0) is 66.1 Å². The molecule has 0 aliphatic carbocycles. The first-order valence-corrected chi connectivity index (χ1v) is 11.6. The SMILES string of the molecule is CCN(CCNC(=O)CN1CCC(CN2CCN(C(C)C)CC2)CC1)C(C)C. The highest BCUT2D eigenvalue weighted by molar-refractivity contribution is 5.78. The van der Waals surface area contributed by atoms with Crippen LogP contribution in [-0.4, -0.2) is 110 Å². The second kappa shape index (κ2) is 12.1. The summed E-state index contributed by atoms with van der Waals surface area (Å²) in [7, 11) is 0. The number of rotatable bonds is 10. The Hall–Kier alpha value is -0.690. The first-order valence-electron chi connectivity index (χ1n) is 11.6. The van der Waals surface area contributed by atoms with E-state index in [1.807, 2.05) is 0 Å². The number of carbonyl (C=O) groups is 1. The van der Waals surface area contributed by atoms with Gasteiger partial charge in [0.2, 0.25) is 5.91 Å². The quantitative estimate of drug-likeness (QED) is 0.608. The van der Waals surface area contributed by atoms with Crippen molar-refractivity contribution in [2.75, 3.05) is 72.0 Å². The third-order valence-corrected chi connectivity index (χ3v) is 6.59. The third kappa shape index (κ3) is 7.97. The van der Waals surface area contributed by atoms with E-state index >= 15 is 0 Å². The van der Waals surface area contributed by atoms with Gasteiger partial charge in [-0.2, -0.15) is 0 Å². The normalized spacial score (nSPS) is 21.1. The molecule has 6 nitrogen and oxygen atoms in total. The van der Waals surface area contributed by atoms with E-state index in [1.54, 1.807) is 0 Å². The van der Waals surface area contributed by atoms with Crippen LogP contribution in [0.2, 0.25) is 0 Å². The van der Waals surface area contributed by atoms with Gasteiger partial charge in [-0.15, -0.1) is 0 Å². The molecule has 2 heterocycles. The van der Waals surface area contributed by atoms with Crippen molar-refractivity contribution in [1.29, 1.82) is 0 Å². The van der Waals surface area contributed by atoms with E-state index in [9.17, 15) is 4.79 Å². The summed E-state index contributed by atoms with van der Waals surface area (Å²) in [6.45, 7) is 22.7. The Morgan fingerprint density at radius 2 is 1.64 bits per heavy atom. The Morgan fingerprint density at radius 3 is 2.18 bits per heavy atom. The van der Waals surface area contributed by atoms with Gasteiger partial charge in [0, 0.05) is 57.9 Å². The molecule has 0 bridgehead atoms. The molecule has 2 fully saturated rings. The Labute approximate surface area is 173 Å². The lowest BCUT2D eigenvalue weighted by molar-refractivity contribution is -0.122. The minimum atomic E-state index is 0.183. The summed E-state index contributed by atoms with van der Waals surface area (Å²) in [4.78, 5) is 22.2. The number of likely N-dealkylation sites (N-methyl/N-ethyl adjacent to an activating group) is 1. The van der Waals surface area contributed by atoms with E-state index in [1.165, 1.54) is 45.6 Å². The van der Waals surface area contributed by atoms with Crippen LogP contribution < -0.4 is 5.32 Å². The number of nitrogens with one attached hydrogen (secondary N) is 1. The molecule has 0 unspecified atom stereocenters. The molecule has 0 aromatic rings. The number of carbonyl (C=O) groups excluding carboxylic acids is 1. The molecule has 0 spiro atoms. The molecule has 2 aliphatic rings. The topological polar surface area (TPSA) is 42.1 Å². The molecule has 0 saturated carbocycles. The lowest BCUT2D eigenvalue weighted by atomic mass is 9.96. The van der Waals surface area contributed by atoms with E-state index in [4.69, 9.17) is 0 Å². The zero-order valence-electron chi connectivity index (χ0n) is 19.1. The standard InChI is InChI=1S/C22H45N5O/c1-6-26(19(2)3)12-9-23-22(28)18-24-10-7-21(8-11-24)17-25-13-15-27(16-14-25)20(4)5/h19-21H,6-18H2,1-5H3,(H,23,28). The predicted octanol–water partition coefficient (Wildman–Crippen LogP) is 1.57. The summed E-state index contributed by atoms with van der Waals surface area (Å²) in [5, 5.41) is 3.10. The lowest BCUT2D eigenvalue weighted by Gasteiger charge is -2.40. The van der Waals surface area contributed by atoms with Gasteiger partial charge in [-0.1, -0.05) is 6.92 Å². The number of amides is 1. The van der Waals surface area contributed by atoms with Crippen LogP contribution in [0.1, 0.15) is 47.5 Å². The van der Waals surface area contributed by atoms with Crippen LogP contribution >= 0.6 is 0 Å². The fourth-order valence-corrected chi connectivity index (χ4v) is 4.53. The maximum absolute atomic E-state index is 12.3. The molecule has 164 valence electrons. The summed E-state index contributed by atoms with van der Waals surface area (Å²) in [5.41, 5.74) is 0. The van der Waals surface area contributed by atoms with E-state index in [0.717, 1.165) is 38.6 Å². The molecule has 28 heavy (non-hydrogen) atoms. The Bertz CT molecular complexity index is 440. The van der Waals surface area contributed by atoms with Crippen molar-refractivity contribution in [2.24, 2.45) is 5.92 Å². The molecule has 0 aromatic carbocycles. The predicted molar refractivity (Wildman–Crippen MR) is 118 cm³/mol. The van der Waals surface area contributed by atoms with Crippen molar-refractivity contribution < 1.29 is 4.79 Å². The minimum absolute atomic E-state index is 0.183. The smallest absolute Gasteiger partial charge is 0.234 e. The molecule has 0 aromatic heterocycles. The number of hydrogen-bond donors (Lipinski definition) is 1. The summed E-state index contributed by atoms with van der Waals surface area (Å²) < 4.78 is 0. The Balaban J connectivity index is 1.57. The van der Waals surface area contributed by atoms with Crippen LogP contribution in [0.3, 0.4) is 0 Å². The van der Waals surface area contributed by atoms with Crippen LogP contribution in [0.25, 0.3) is 0 Å². The molecule has 2 rings (SSSR count). The highest BCUT2D eigenvalue weighted by atomic mass is 16.2. The van der Waals surface area contributed by atoms with Crippen molar-refractivity contribution in [3.05, 3.63) is 0 Å². The molecule has 0 atom stereocenters. The second-order valence-electron chi connectivity index (χ2n) is 9.22. The fraction of sp³-hybridized carbons (Fsp3) is 0.955. The first-order chi connectivity index (χ1) is 13.4. The molecule has 2 saturated heterocycles. The molecule has 2 aliphatic heterocycles. The Kier molecular flexibility index (Phi) is 10.2. The van der Waals surface area contributed by atoms with E-state index in [0.29, 0.717) is 18.6 Å². The van der Waals surface area contributed by atoms with E-state index < -0.39 is 0 Å². The van der Waals surface area contributed by atoms with Crippen LogP contribution in [0.15, 0.2) is 0 Å². The van der Waals surface area contributed by atoms with Crippen LogP contribution in [0, 0.1) is 5.92 Å². The first kappa shape index (κ1) is 23.6. The molecule has 1 amide bonds. The maximum Gasteiger partial charge on any atom is 0.234 e. The summed E-state index contributed by atoms with van der Waals surface area (Å²) in [6, 6.07) is 1.21. The average molecular weight is 396 g/mol. The summed E-state index contributed by atoms with van der Waals surface area (Å²) >= 11 is 0. The van der Waals surface area contributed by atoms with Gasteiger partial charge < -0.3 is 10.2 Å². The number of hydrogen-bond acceptors (Lipinski definition) is 5. The molecule has 1 N–H and O–H groups in total. The van der Waals surface area contributed by atoms with Gasteiger partial charge in [0.1, 0.15) is 0 Å². The van der Waals surface area contributed by atoms with Crippen molar-refractivity contribution in [1.82, 2.24) is 24.9 Å².